The van der Waals surface area contributed by atoms with Crippen LogP contribution in [0.25, 0.3) is 44.4 Å². The van der Waals surface area contributed by atoms with E-state index in [4.69, 9.17) is 9.72 Å². The molecule has 0 atom stereocenters. The van der Waals surface area contributed by atoms with Crippen molar-refractivity contribution in [3.63, 3.8) is 0 Å². The molecule has 0 spiro atoms. The summed E-state index contributed by atoms with van der Waals surface area (Å²) in [4.78, 5) is 4.83. The second kappa shape index (κ2) is 10.4. The number of nitrogens with zero attached hydrogens (tertiary/aromatic N) is 4. The van der Waals surface area contributed by atoms with Gasteiger partial charge >= 0.3 is 251 Å². The molecule has 209 valence electrons. The molecule has 7 rings (SSSR count). The second-order valence-corrected chi connectivity index (χ2v) is 12.5. The number of ether oxygens (including phenoxy) is 1. The Morgan fingerprint density at radius 3 is 2.40 bits per heavy atom. The predicted octanol–water partition coefficient (Wildman–Crippen LogP) is 8.29. The Balaban J connectivity index is 1.30. The monoisotopic (exact) mass is 728 g/mol. The number of benzene rings is 4. The molecule has 4 aromatic carbocycles. The molecule has 0 amide bonds. The van der Waals surface area contributed by atoms with Crippen LogP contribution in [-0.2, 0) is 25.2 Å². The molecule has 6 heteroatoms. The van der Waals surface area contributed by atoms with Gasteiger partial charge in [-0.1, -0.05) is 6.07 Å². The Kier molecular flexibility index (Phi) is 6.56. The number of hydrogen-bond acceptors (Lipinski definition) is 3. The van der Waals surface area contributed by atoms with E-state index in [-0.39, 0.29) is 5.41 Å². The third kappa shape index (κ3) is 4.74. The maximum atomic E-state index is 6.55. The van der Waals surface area contributed by atoms with E-state index in [2.05, 4.69) is 111 Å². The van der Waals surface area contributed by atoms with Crippen molar-refractivity contribution in [1.29, 1.82) is 0 Å². The number of rotatable bonds is 5. The van der Waals surface area contributed by atoms with Gasteiger partial charge in [0.15, 0.2) is 0 Å². The molecule has 3 heterocycles. The molecule has 0 fully saturated rings. The van der Waals surface area contributed by atoms with Crippen LogP contribution < -0.4 is 8.69 Å². The molecule has 0 aliphatic heterocycles. The molecule has 0 saturated heterocycles. The van der Waals surface area contributed by atoms with Crippen molar-refractivity contribution in [3.8, 4) is 34.1 Å². The number of para-hydroxylation sites is 1. The summed E-state index contributed by atoms with van der Waals surface area (Å²) in [5, 5.41) is 6.97. The van der Waals surface area contributed by atoms with Gasteiger partial charge in [-0.3, -0.25) is 0 Å². The average molecular weight is 729 g/mol. The fourth-order valence-corrected chi connectivity index (χ4v) is 6.22. The maximum absolute atomic E-state index is 6.55. The van der Waals surface area contributed by atoms with Crippen molar-refractivity contribution in [2.45, 2.75) is 26.2 Å². The van der Waals surface area contributed by atoms with Gasteiger partial charge in [-0.2, -0.15) is 0 Å². The molecule has 5 nitrogen and oxygen atoms in total. The van der Waals surface area contributed by atoms with Gasteiger partial charge in [-0.05, 0) is 0 Å². The first kappa shape index (κ1) is 26.4. The summed E-state index contributed by atoms with van der Waals surface area (Å²) in [5.74, 6) is 2.44. The fourth-order valence-electron chi connectivity index (χ4n) is 5.36. The molecule has 0 N–H and O–H groups in total. The number of pyridine rings is 1. The van der Waals surface area contributed by atoms with Crippen molar-refractivity contribution < 1.29 is 24.6 Å². The van der Waals surface area contributed by atoms with Crippen LogP contribution >= 0.6 is 0 Å². The normalized spacial score (nSPS) is 11.8. The summed E-state index contributed by atoms with van der Waals surface area (Å²) >= 11 is 2.40. The van der Waals surface area contributed by atoms with Crippen LogP contribution in [-0.4, -0.2) is 19.3 Å². The van der Waals surface area contributed by atoms with E-state index in [9.17, 15) is 0 Å². The number of aromatic nitrogens is 4. The van der Waals surface area contributed by atoms with Gasteiger partial charge in [-0.25, -0.2) is 0 Å². The fraction of sp³-hybridized carbons (Fsp3) is 0.111. The Bertz CT molecular complexity index is 2070. The minimum absolute atomic E-state index is 0.0134. The van der Waals surface area contributed by atoms with E-state index in [1.165, 1.54) is 16.3 Å². The van der Waals surface area contributed by atoms with E-state index >= 15 is 0 Å². The third-order valence-electron chi connectivity index (χ3n) is 7.55. The molecule has 3 aromatic heterocycles. The van der Waals surface area contributed by atoms with Crippen LogP contribution in [0.5, 0.6) is 11.5 Å². The summed E-state index contributed by atoms with van der Waals surface area (Å²) in [5.41, 5.74) is 6.60. The van der Waals surface area contributed by atoms with Gasteiger partial charge in [0.05, 0.1) is 0 Å². The molecular formula is C36H29N4OPt. The molecule has 7 aromatic rings. The van der Waals surface area contributed by atoms with E-state index in [0.29, 0.717) is 0 Å². The van der Waals surface area contributed by atoms with E-state index in [1.807, 2.05) is 65.7 Å². The van der Waals surface area contributed by atoms with Gasteiger partial charge in [0.25, 0.3) is 0 Å². The van der Waals surface area contributed by atoms with Crippen LogP contribution in [0.2, 0.25) is 0 Å². The van der Waals surface area contributed by atoms with Gasteiger partial charge in [0, 0.05) is 0 Å². The topological polar surface area (TPSA) is 44.9 Å². The molecular weight excluding hydrogens is 700 g/mol. The van der Waals surface area contributed by atoms with Gasteiger partial charge in [0.1, 0.15) is 0 Å². The molecule has 0 bridgehead atoms. The van der Waals surface area contributed by atoms with Crippen molar-refractivity contribution in [3.05, 3.63) is 127 Å². The Morgan fingerprint density at radius 1 is 0.762 bits per heavy atom. The summed E-state index contributed by atoms with van der Waals surface area (Å²) in [6.45, 7) is 6.69. The zero-order valence-corrected chi connectivity index (χ0v) is 25.8. The summed E-state index contributed by atoms with van der Waals surface area (Å²) in [6.07, 6.45) is 5.84. The average Bonchev–Trinajstić information content (AvgIpc) is 3.63. The third-order valence-corrected chi connectivity index (χ3v) is 8.65. The first-order valence-electron chi connectivity index (χ1n) is 13.9. The van der Waals surface area contributed by atoms with Crippen LogP contribution in [0.15, 0.2) is 122 Å². The van der Waals surface area contributed by atoms with Crippen molar-refractivity contribution >= 4 is 25.8 Å². The molecule has 0 aliphatic rings. The van der Waals surface area contributed by atoms with Gasteiger partial charge < -0.3 is 0 Å². The predicted molar refractivity (Wildman–Crippen MR) is 166 cm³/mol. The number of fused-ring (bicyclic) bond motifs is 3. The molecule has 0 aliphatic carbocycles. The van der Waals surface area contributed by atoms with E-state index in [1.54, 1.807) is 0 Å². The van der Waals surface area contributed by atoms with E-state index < -0.39 is 0 Å². The zero-order chi connectivity index (χ0) is 28.8. The Morgan fingerprint density at radius 2 is 1.57 bits per heavy atom. The van der Waals surface area contributed by atoms with Crippen LogP contribution in [0, 0.1) is 0 Å². The number of hydrogen-bond donors (Lipinski definition) is 0. The summed E-state index contributed by atoms with van der Waals surface area (Å²) < 4.78 is 11.7. The van der Waals surface area contributed by atoms with Gasteiger partial charge in [-0.15, -0.1) is 0 Å². The van der Waals surface area contributed by atoms with Crippen LogP contribution in [0.1, 0.15) is 26.3 Å². The molecule has 0 saturated carbocycles. The SMILES string of the molecule is CC(C)(C)c1ccnc(-n2c3ccccc3c3ccc(Oc4cccc(-n5cc(-c6ccccc6)cn5)c4)[c]([Pt])c32)c1. The standard InChI is InChI=1S/C36H29N4O.Pt/c1-36(2,3)27-18-19-37-35(20-27)40-33-15-8-7-14-31(33)32-17-16-30(22-34(32)40)41-29-13-9-12-28(21-29)39-24-26(23-38-39)25-10-5-4-6-11-25;/h4-21,23-24H,1-3H3;. The quantitative estimate of drug-likeness (QED) is 0.179. The second-order valence-electron chi connectivity index (χ2n) is 11.4. The summed E-state index contributed by atoms with van der Waals surface area (Å²) in [7, 11) is 0. The zero-order valence-electron chi connectivity index (χ0n) is 23.6. The minimum atomic E-state index is 0.0134. The first-order chi connectivity index (χ1) is 20.4. The molecule has 0 unspecified atom stereocenters. The first-order valence-corrected chi connectivity index (χ1v) is 15.0. The Labute approximate surface area is 256 Å². The van der Waals surface area contributed by atoms with Crippen LogP contribution in [0.4, 0.5) is 0 Å². The Hall–Kier alpha value is -4.47. The molecule has 42 heavy (non-hydrogen) atoms. The van der Waals surface area contributed by atoms with Crippen molar-refractivity contribution in [2.75, 3.05) is 0 Å². The van der Waals surface area contributed by atoms with Crippen molar-refractivity contribution in [1.82, 2.24) is 19.3 Å². The van der Waals surface area contributed by atoms with Crippen LogP contribution in [0.3, 0.4) is 0 Å². The van der Waals surface area contributed by atoms with Crippen molar-refractivity contribution in [2.24, 2.45) is 0 Å². The van der Waals surface area contributed by atoms with E-state index in [0.717, 1.165) is 49.1 Å². The molecule has 0 radical (unpaired) electrons. The summed E-state index contributed by atoms with van der Waals surface area (Å²) in [6, 6.07) is 35.4. The van der Waals surface area contributed by atoms with Gasteiger partial charge in [0.2, 0.25) is 0 Å².